The third kappa shape index (κ3) is 2.68. The van der Waals surface area contributed by atoms with Crippen molar-refractivity contribution < 1.29 is 4.79 Å². The Morgan fingerprint density at radius 3 is 2.58 bits per heavy atom. The molecule has 1 aliphatic rings. The van der Waals surface area contributed by atoms with Crippen LogP contribution in [-0.2, 0) is 11.3 Å². The van der Waals surface area contributed by atoms with Crippen LogP contribution in [0.2, 0.25) is 0 Å². The van der Waals surface area contributed by atoms with Gasteiger partial charge in [0, 0.05) is 13.1 Å². The summed E-state index contributed by atoms with van der Waals surface area (Å²) in [4.78, 5) is 40.5. The number of carbonyl (C=O) groups excluding carboxylic acids is 1. The fourth-order valence-corrected chi connectivity index (χ4v) is 4.29. The highest BCUT2D eigenvalue weighted by atomic mass is 32.1. The summed E-state index contributed by atoms with van der Waals surface area (Å²) in [5, 5.41) is 1.78. The van der Waals surface area contributed by atoms with E-state index in [1.165, 1.54) is 20.5 Å². The summed E-state index contributed by atoms with van der Waals surface area (Å²) in [6.07, 6.45) is 1.99. The molecule has 1 saturated heterocycles. The van der Waals surface area contributed by atoms with Gasteiger partial charge in [0.05, 0.1) is 11.2 Å². The molecule has 0 saturated carbocycles. The summed E-state index contributed by atoms with van der Waals surface area (Å²) < 4.78 is 3.10. The van der Waals surface area contributed by atoms with E-state index in [1.807, 2.05) is 19.1 Å². The van der Waals surface area contributed by atoms with Gasteiger partial charge in [-0.05, 0) is 42.8 Å². The Balaban J connectivity index is 1.92. The van der Waals surface area contributed by atoms with Crippen molar-refractivity contribution in [2.24, 2.45) is 0 Å². The van der Waals surface area contributed by atoms with Crippen molar-refractivity contribution >= 4 is 27.5 Å². The van der Waals surface area contributed by atoms with Crippen molar-refractivity contribution in [1.82, 2.24) is 14.0 Å². The van der Waals surface area contributed by atoms with Crippen LogP contribution in [0, 0.1) is 6.92 Å². The smallest absolute Gasteiger partial charge is 0.336 e. The summed E-state index contributed by atoms with van der Waals surface area (Å²) >= 11 is 1.29. The van der Waals surface area contributed by atoms with Crippen LogP contribution in [0.25, 0.3) is 15.9 Å². The average molecular weight is 369 g/mol. The lowest BCUT2D eigenvalue weighted by atomic mass is 10.2. The largest absolute Gasteiger partial charge is 0.341 e. The zero-order valence-corrected chi connectivity index (χ0v) is 15.3. The summed E-state index contributed by atoms with van der Waals surface area (Å²) in [5.74, 6) is -0.0768. The molecule has 2 aromatic heterocycles. The molecular weight excluding hydrogens is 350 g/mol. The molecule has 3 heterocycles. The second-order valence-corrected chi connectivity index (χ2v) is 7.43. The molecule has 7 heteroatoms. The minimum absolute atomic E-state index is 0.0434. The first-order valence-electron chi connectivity index (χ1n) is 8.65. The summed E-state index contributed by atoms with van der Waals surface area (Å²) in [5.41, 5.74) is 1.12. The first-order chi connectivity index (χ1) is 12.6. The molecule has 1 fully saturated rings. The molecule has 1 aliphatic heterocycles. The SMILES string of the molecule is Cc1ccccc1-n1c(=O)c2sccc2n(CC(=O)N2CCCC2)c1=O. The lowest BCUT2D eigenvalue weighted by Gasteiger charge is -2.18. The van der Waals surface area contributed by atoms with Gasteiger partial charge in [0.15, 0.2) is 0 Å². The van der Waals surface area contributed by atoms with Gasteiger partial charge >= 0.3 is 5.69 Å². The number of hydrogen-bond acceptors (Lipinski definition) is 4. The zero-order chi connectivity index (χ0) is 18.3. The van der Waals surface area contributed by atoms with E-state index in [0.717, 1.165) is 31.5 Å². The third-order valence-corrected chi connectivity index (χ3v) is 5.75. The number of para-hydroxylation sites is 1. The highest BCUT2D eigenvalue weighted by Crippen LogP contribution is 2.18. The number of aromatic nitrogens is 2. The van der Waals surface area contributed by atoms with Gasteiger partial charge in [-0.25, -0.2) is 9.36 Å². The van der Waals surface area contributed by atoms with E-state index in [-0.39, 0.29) is 18.0 Å². The van der Waals surface area contributed by atoms with Gasteiger partial charge in [0.25, 0.3) is 5.56 Å². The number of aryl methyl sites for hydroxylation is 1. The molecule has 0 radical (unpaired) electrons. The zero-order valence-electron chi connectivity index (χ0n) is 14.5. The first-order valence-corrected chi connectivity index (χ1v) is 9.53. The molecule has 0 spiro atoms. The molecule has 0 unspecified atom stereocenters. The van der Waals surface area contributed by atoms with Crippen molar-refractivity contribution in [3.8, 4) is 5.69 Å². The van der Waals surface area contributed by atoms with E-state index >= 15 is 0 Å². The van der Waals surface area contributed by atoms with E-state index in [2.05, 4.69) is 0 Å². The van der Waals surface area contributed by atoms with Crippen LogP contribution < -0.4 is 11.2 Å². The van der Waals surface area contributed by atoms with E-state index < -0.39 is 5.69 Å². The number of thiophene rings is 1. The number of nitrogens with zero attached hydrogens (tertiary/aromatic N) is 3. The molecule has 1 amide bonds. The van der Waals surface area contributed by atoms with Crippen molar-refractivity contribution in [2.75, 3.05) is 13.1 Å². The van der Waals surface area contributed by atoms with Crippen LogP contribution in [0.3, 0.4) is 0 Å². The Kier molecular flexibility index (Phi) is 4.24. The van der Waals surface area contributed by atoms with E-state index in [4.69, 9.17) is 0 Å². The number of carbonyl (C=O) groups is 1. The van der Waals surface area contributed by atoms with Crippen LogP contribution >= 0.6 is 11.3 Å². The average Bonchev–Trinajstić information content (AvgIpc) is 3.32. The van der Waals surface area contributed by atoms with Crippen molar-refractivity contribution in [1.29, 1.82) is 0 Å². The van der Waals surface area contributed by atoms with Crippen LogP contribution in [-0.4, -0.2) is 33.0 Å². The molecule has 0 N–H and O–H groups in total. The maximum Gasteiger partial charge on any atom is 0.336 e. The van der Waals surface area contributed by atoms with Crippen molar-refractivity contribution in [2.45, 2.75) is 26.3 Å². The van der Waals surface area contributed by atoms with Crippen LogP contribution in [0.1, 0.15) is 18.4 Å². The van der Waals surface area contributed by atoms with Gasteiger partial charge in [-0.15, -0.1) is 11.3 Å². The molecule has 3 aromatic rings. The number of fused-ring (bicyclic) bond motifs is 1. The minimum Gasteiger partial charge on any atom is -0.341 e. The standard InChI is InChI=1S/C19H19N3O3S/c1-13-6-2-3-7-14(13)22-18(24)17-15(8-11-26-17)21(19(22)25)12-16(23)20-9-4-5-10-20/h2-3,6-8,11H,4-5,9-10,12H2,1H3. The molecule has 6 nitrogen and oxygen atoms in total. The van der Waals surface area contributed by atoms with E-state index in [0.29, 0.717) is 15.9 Å². The Morgan fingerprint density at radius 1 is 1.12 bits per heavy atom. The molecule has 134 valence electrons. The highest BCUT2D eigenvalue weighted by Gasteiger charge is 2.22. The molecule has 0 aliphatic carbocycles. The second kappa shape index (κ2) is 6.57. The van der Waals surface area contributed by atoms with E-state index in [9.17, 15) is 14.4 Å². The van der Waals surface area contributed by atoms with Gasteiger partial charge in [0.1, 0.15) is 11.2 Å². The monoisotopic (exact) mass is 369 g/mol. The maximum atomic E-state index is 13.2. The number of amides is 1. The Hall–Kier alpha value is -2.67. The number of rotatable bonds is 3. The van der Waals surface area contributed by atoms with Gasteiger partial charge in [-0.2, -0.15) is 0 Å². The first kappa shape index (κ1) is 16.8. The Morgan fingerprint density at radius 2 is 1.85 bits per heavy atom. The molecule has 0 bridgehead atoms. The van der Waals surface area contributed by atoms with Crippen molar-refractivity contribution in [3.05, 3.63) is 62.1 Å². The Labute approximate surface area is 153 Å². The third-order valence-electron chi connectivity index (χ3n) is 4.86. The van der Waals surface area contributed by atoms with Crippen LogP contribution in [0.15, 0.2) is 45.3 Å². The van der Waals surface area contributed by atoms with Crippen LogP contribution in [0.4, 0.5) is 0 Å². The van der Waals surface area contributed by atoms with Crippen molar-refractivity contribution in [3.63, 3.8) is 0 Å². The molecule has 0 atom stereocenters. The molecule has 1 aromatic carbocycles. The lowest BCUT2D eigenvalue weighted by Crippen LogP contribution is -2.42. The quantitative estimate of drug-likeness (QED) is 0.711. The molecular formula is C19H19N3O3S. The fraction of sp³-hybridized carbons (Fsp3) is 0.316. The van der Waals surface area contributed by atoms with Crippen LogP contribution in [0.5, 0.6) is 0 Å². The van der Waals surface area contributed by atoms with Gasteiger partial charge < -0.3 is 4.90 Å². The number of benzene rings is 1. The Bertz CT molecular complexity index is 1100. The highest BCUT2D eigenvalue weighted by molar-refractivity contribution is 7.17. The fourth-order valence-electron chi connectivity index (χ4n) is 3.47. The molecule has 4 rings (SSSR count). The summed E-state index contributed by atoms with van der Waals surface area (Å²) in [6, 6.07) is 9.02. The normalized spacial score (nSPS) is 14.3. The summed E-state index contributed by atoms with van der Waals surface area (Å²) in [6.45, 7) is 3.29. The minimum atomic E-state index is -0.470. The molecule has 26 heavy (non-hydrogen) atoms. The predicted octanol–water partition coefficient (Wildman–Crippen LogP) is 2.14. The van der Waals surface area contributed by atoms with Gasteiger partial charge in [0.2, 0.25) is 5.91 Å². The second-order valence-electron chi connectivity index (χ2n) is 6.52. The van der Waals surface area contributed by atoms with E-state index in [1.54, 1.807) is 28.5 Å². The predicted molar refractivity (Wildman–Crippen MR) is 102 cm³/mol. The topological polar surface area (TPSA) is 64.3 Å². The van der Waals surface area contributed by atoms with Gasteiger partial charge in [-0.3, -0.25) is 14.2 Å². The van der Waals surface area contributed by atoms with Gasteiger partial charge in [-0.1, -0.05) is 18.2 Å². The maximum absolute atomic E-state index is 13.2. The number of hydrogen-bond donors (Lipinski definition) is 0. The summed E-state index contributed by atoms with van der Waals surface area (Å²) in [7, 11) is 0. The lowest BCUT2D eigenvalue weighted by molar-refractivity contribution is -0.130. The number of likely N-dealkylation sites (tertiary alicyclic amines) is 1.